The Bertz CT molecular complexity index is 1810. The van der Waals surface area contributed by atoms with Gasteiger partial charge in [0.1, 0.15) is 5.54 Å². The average molecular weight is 563 g/mol. The van der Waals surface area contributed by atoms with Crippen LogP contribution in [-0.2, 0) is 31.1 Å². The molecule has 3 aliphatic rings. The molecule has 3 aromatic carbocycles. The maximum absolute atomic E-state index is 14.4. The van der Waals surface area contributed by atoms with E-state index >= 15 is 0 Å². The molecular formula is C33H30N4O5. The molecule has 2 fully saturated rings. The quantitative estimate of drug-likeness (QED) is 0.249. The van der Waals surface area contributed by atoms with Gasteiger partial charge in [0.15, 0.2) is 0 Å². The highest BCUT2D eigenvalue weighted by Crippen LogP contribution is 2.54. The van der Waals surface area contributed by atoms with E-state index in [0.29, 0.717) is 28.9 Å². The summed E-state index contributed by atoms with van der Waals surface area (Å²) in [6.07, 6.45) is 2.37. The normalized spacial score (nSPS) is 24.4. The van der Waals surface area contributed by atoms with Crippen LogP contribution in [-0.4, -0.2) is 41.3 Å². The van der Waals surface area contributed by atoms with Crippen molar-refractivity contribution in [1.29, 1.82) is 0 Å². The molecule has 9 heteroatoms. The van der Waals surface area contributed by atoms with Crippen LogP contribution in [0.4, 0.5) is 11.4 Å². The van der Waals surface area contributed by atoms with Crippen molar-refractivity contribution in [2.24, 2.45) is 11.8 Å². The van der Waals surface area contributed by atoms with Gasteiger partial charge in [-0.05, 0) is 68.7 Å². The van der Waals surface area contributed by atoms with E-state index in [1.165, 1.54) is 4.90 Å². The number of fused-ring (bicyclic) bond motifs is 5. The molecule has 0 bridgehead atoms. The first-order valence-electron chi connectivity index (χ1n) is 14.2. The number of hydrogen-bond donors (Lipinski definition) is 3. The Hall–Kier alpha value is -4.76. The number of nitrogens with one attached hydrogen (secondary N) is 3. The first-order chi connectivity index (χ1) is 20.2. The molecule has 4 aromatic rings. The number of rotatable bonds is 5. The molecule has 4 heterocycles. The number of ether oxygens (including phenoxy) is 1. The van der Waals surface area contributed by atoms with E-state index < -0.39 is 35.3 Å². The fraction of sp³-hybridized carbons (Fsp3) is 0.273. The molecule has 212 valence electrons. The lowest BCUT2D eigenvalue weighted by atomic mass is 9.75. The molecule has 3 N–H and O–H groups in total. The molecule has 0 saturated carbocycles. The van der Waals surface area contributed by atoms with Crippen LogP contribution in [0.1, 0.15) is 39.5 Å². The lowest BCUT2D eigenvalue weighted by Gasteiger charge is -2.30. The smallest absolute Gasteiger partial charge is 0.338 e. The summed E-state index contributed by atoms with van der Waals surface area (Å²) in [6.45, 7) is 5.85. The predicted molar refractivity (Wildman–Crippen MR) is 157 cm³/mol. The number of para-hydroxylation sites is 1. The van der Waals surface area contributed by atoms with Crippen LogP contribution in [0.15, 0.2) is 66.9 Å². The predicted octanol–water partition coefficient (Wildman–Crippen LogP) is 4.13. The SMILES string of the molecule is CCOC(=O)c1ccc(N2C(=O)[C@@H]3[C@@H](C2=O)[C@@]2(N[C@@H]3Cc3c[nH]c4ccccc34)C(=O)Nc3c(C)cc(C)cc32)cc1. The third kappa shape index (κ3) is 3.59. The number of benzene rings is 3. The minimum atomic E-state index is -1.40. The summed E-state index contributed by atoms with van der Waals surface area (Å²) < 4.78 is 5.08. The highest BCUT2D eigenvalue weighted by atomic mass is 16.5. The lowest BCUT2D eigenvalue weighted by molar-refractivity contribution is -0.130. The van der Waals surface area contributed by atoms with Crippen molar-refractivity contribution in [2.75, 3.05) is 16.8 Å². The number of anilines is 2. The average Bonchev–Trinajstić information content (AvgIpc) is 3.68. The van der Waals surface area contributed by atoms with E-state index in [9.17, 15) is 19.2 Å². The van der Waals surface area contributed by atoms with E-state index in [2.05, 4.69) is 15.6 Å². The fourth-order valence-corrected chi connectivity index (χ4v) is 7.19. The van der Waals surface area contributed by atoms with E-state index in [0.717, 1.165) is 27.6 Å². The standard InChI is InChI=1S/C33H30N4O5/c1-4-42-31(40)19-9-11-21(12-10-19)37-29(38)26-25(15-20-16-34-24-8-6-5-7-22(20)24)36-33(27(26)30(37)39)23-14-17(2)13-18(3)28(23)35-32(33)41/h5-14,16,25-27,34,36H,4,15H2,1-3H3,(H,35,41)/t25-,26+,27+,33-/m1/s1. The third-order valence-corrected chi connectivity index (χ3v) is 8.92. The van der Waals surface area contributed by atoms with Crippen LogP contribution in [0.2, 0.25) is 0 Å². The van der Waals surface area contributed by atoms with Gasteiger partial charge in [0.2, 0.25) is 17.7 Å². The molecule has 1 spiro atoms. The number of carbonyl (C=O) groups is 4. The number of amides is 3. The second kappa shape index (κ2) is 9.39. The zero-order chi connectivity index (χ0) is 29.3. The number of nitrogens with zero attached hydrogens (tertiary/aromatic N) is 1. The molecule has 9 nitrogen and oxygen atoms in total. The van der Waals surface area contributed by atoms with Crippen molar-refractivity contribution in [2.45, 2.75) is 38.8 Å². The zero-order valence-corrected chi connectivity index (χ0v) is 23.5. The van der Waals surface area contributed by atoms with Crippen LogP contribution in [0, 0.1) is 25.7 Å². The van der Waals surface area contributed by atoms with Crippen LogP contribution in [0.3, 0.4) is 0 Å². The number of aryl methyl sites for hydroxylation is 2. The number of aromatic nitrogens is 1. The molecule has 3 amide bonds. The number of carbonyl (C=O) groups excluding carboxylic acids is 4. The Morgan fingerprint density at radius 1 is 1.00 bits per heavy atom. The van der Waals surface area contributed by atoms with Gasteiger partial charge in [-0.25, -0.2) is 9.69 Å². The van der Waals surface area contributed by atoms with Crippen molar-refractivity contribution in [1.82, 2.24) is 10.3 Å². The second-order valence-corrected chi connectivity index (χ2v) is 11.4. The van der Waals surface area contributed by atoms with Crippen molar-refractivity contribution in [3.63, 3.8) is 0 Å². The first kappa shape index (κ1) is 26.2. The minimum Gasteiger partial charge on any atom is -0.462 e. The number of aromatic amines is 1. The van der Waals surface area contributed by atoms with E-state index in [1.807, 2.05) is 56.4 Å². The van der Waals surface area contributed by atoms with Crippen LogP contribution in [0.5, 0.6) is 0 Å². The van der Waals surface area contributed by atoms with Gasteiger partial charge in [0.25, 0.3) is 0 Å². The topological polar surface area (TPSA) is 121 Å². The van der Waals surface area contributed by atoms with Crippen LogP contribution < -0.4 is 15.5 Å². The Balaban J connectivity index is 1.34. The molecule has 1 aromatic heterocycles. The highest BCUT2D eigenvalue weighted by molar-refractivity contribution is 6.26. The molecule has 4 atom stereocenters. The van der Waals surface area contributed by atoms with E-state index in [-0.39, 0.29) is 18.4 Å². The number of H-pyrrole nitrogens is 1. The van der Waals surface area contributed by atoms with Crippen LogP contribution >= 0.6 is 0 Å². The minimum absolute atomic E-state index is 0.239. The Morgan fingerprint density at radius 3 is 2.52 bits per heavy atom. The summed E-state index contributed by atoms with van der Waals surface area (Å²) in [5.41, 5.74) is 4.49. The first-order valence-corrected chi connectivity index (χ1v) is 14.2. The summed E-state index contributed by atoms with van der Waals surface area (Å²) in [6, 6.07) is 17.6. The third-order valence-electron chi connectivity index (χ3n) is 8.92. The largest absolute Gasteiger partial charge is 0.462 e. The molecule has 2 saturated heterocycles. The second-order valence-electron chi connectivity index (χ2n) is 11.4. The van der Waals surface area contributed by atoms with Gasteiger partial charge in [-0.1, -0.05) is 35.9 Å². The Kier molecular flexibility index (Phi) is 5.85. The lowest BCUT2D eigenvalue weighted by Crippen LogP contribution is -2.53. The molecule has 42 heavy (non-hydrogen) atoms. The molecule has 7 rings (SSSR count). The summed E-state index contributed by atoms with van der Waals surface area (Å²) in [5, 5.41) is 7.61. The maximum atomic E-state index is 14.4. The van der Waals surface area contributed by atoms with Gasteiger partial charge in [-0.15, -0.1) is 0 Å². The van der Waals surface area contributed by atoms with Gasteiger partial charge >= 0.3 is 5.97 Å². The molecule has 0 unspecified atom stereocenters. The number of esters is 1. The van der Waals surface area contributed by atoms with Crippen molar-refractivity contribution in [3.8, 4) is 0 Å². The van der Waals surface area contributed by atoms with Gasteiger partial charge in [0, 0.05) is 34.4 Å². The summed E-state index contributed by atoms with van der Waals surface area (Å²) in [4.78, 5) is 59.3. The summed E-state index contributed by atoms with van der Waals surface area (Å²) >= 11 is 0. The summed E-state index contributed by atoms with van der Waals surface area (Å²) in [5.74, 6) is -3.35. The van der Waals surface area contributed by atoms with E-state index in [1.54, 1.807) is 31.2 Å². The monoisotopic (exact) mass is 562 g/mol. The Morgan fingerprint density at radius 2 is 1.76 bits per heavy atom. The fourth-order valence-electron chi connectivity index (χ4n) is 7.19. The number of hydrogen-bond acceptors (Lipinski definition) is 6. The molecule has 0 aliphatic carbocycles. The summed E-state index contributed by atoms with van der Waals surface area (Å²) in [7, 11) is 0. The molecule has 0 radical (unpaired) electrons. The maximum Gasteiger partial charge on any atom is 0.338 e. The molecular weight excluding hydrogens is 532 g/mol. The number of imide groups is 1. The van der Waals surface area contributed by atoms with Gasteiger partial charge in [0.05, 0.1) is 29.7 Å². The zero-order valence-electron chi connectivity index (χ0n) is 23.5. The van der Waals surface area contributed by atoms with Crippen molar-refractivity contribution < 1.29 is 23.9 Å². The molecule has 3 aliphatic heterocycles. The van der Waals surface area contributed by atoms with Gasteiger partial charge in [-0.2, -0.15) is 0 Å². The van der Waals surface area contributed by atoms with Crippen LogP contribution in [0.25, 0.3) is 10.9 Å². The van der Waals surface area contributed by atoms with Gasteiger partial charge in [-0.3, -0.25) is 19.7 Å². The Labute approximate surface area is 242 Å². The van der Waals surface area contributed by atoms with Crippen molar-refractivity contribution in [3.05, 3.63) is 94.7 Å². The highest BCUT2D eigenvalue weighted by Gasteiger charge is 2.70. The van der Waals surface area contributed by atoms with Crippen molar-refractivity contribution >= 4 is 46.0 Å². The van der Waals surface area contributed by atoms with E-state index in [4.69, 9.17) is 4.74 Å². The van der Waals surface area contributed by atoms with Gasteiger partial charge < -0.3 is 15.0 Å².